The summed E-state index contributed by atoms with van der Waals surface area (Å²) in [4.78, 5) is 0. The zero-order chi connectivity index (χ0) is 13.9. The van der Waals surface area contributed by atoms with Crippen LogP contribution in [-0.2, 0) is 10.0 Å². The first-order valence-corrected chi connectivity index (χ1v) is 7.19. The van der Waals surface area contributed by atoms with E-state index in [4.69, 9.17) is 10.5 Å². The summed E-state index contributed by atoms with van der Waals surface area (Å²) in [6, 6.07) is 4.91. The Labute approximate surface area is 109 Å². The standard InChI is InChI=1S/C12H20N2O3S/c1-9-7-10(5-6-12(9)17-4)11(13)8-18(15,16)14(2)3/h5-7,11H,8,13H2,1-4H3. The number of nitrogens with zero attached hydrogens (tertiary/aromatic N) is 1. The second-order valence-electron chi connectivity index (χ2n) is 4.40. The molecule has 0 aliphatic carbocycles. The van der Waals surface area contributed by atoms with Gasteiger partial charge in [-0.05, 0) is 24.1 Å². The molecule has 0 amide bonds. The molecule has 1 atom stereocenters. The fourth-order valence-corrected chi connectivity index (χ4v) is 2.55. The van der Waals surface area contributed by atoms with Crippen LogP contribution in [-0.4, -0.2) is 39.7 Å². The molecule has 2 N–H and O–H groups in total. The van der Waals surface area contributed by atoms with Gasteiger partial charge in [0.1, 0.15) is 5.75 Å². The molecule has 1 rings (SSSR count). The Morgan fingerprint density at radius 3 is 2.44 bits per heavy atom. The molecule has 0 aliphatic rings. The average Bonchev–Trinajstić information content (AvgIpc) is 2.28. The highest BCUT2D eigenvalue weighted by atomic mass is 32.2. The van der Waals surface area contributed by atoms with Gasteiger partial charge in [0.15, 0.2) is 0 Å². The van der Waals surface area contributed by atoms with Crippen molar-refractivity contribution in [2.24, 2.45) is 5.73 Å². The van der Waals surface area contributed by atoms with Gasteiger partial charge in [0.25, 0.3) is 0 Å². The molecule has 0 saturated carbocycles. The Bertz CT molecular complexity index is 512. The summed E-state index contributed by atoms with van der Waals surface area (Å²) >= 11 is 0. The van der Waals surface area contributed by atoms with E-state index in [1.165, 1.54) is 18.4 Å². The minimum Gasteiger partial charge on any atom is -0.496 e. The van der Waals surface area contributed by atoms with Crippen LogP contribution in [0.15, 0.2) is 18.2 Å². The summed E-state index contributed by atoms with van der Waals surface area (Å²) < 4.78 is 29.8. The van der Waals surface area contributed by atoms with Gasteiger partial charge in [-0.2, -0.15) is 0 Å². The number of sulfonamides is 1. The zero-order valence-electron chi connectivity index (χ0n) is 11.2. The minimum atomic E-state index is -3.30. The van der Waals surface area contributed by atoms with Crippen molar-refractivity contribution in [2.45, 2.75) is 13.0 Å². The van der Waals surface area contributed by atoms with Crippen molar-refractivity contribution in [1.29, 1.82) is 0 Å². The molecule has 0 saturated heterocycles. The number of rotatable bonds is 5. The van der Waals surface area contributed by atoms with E-state index < -0.39 is 16.1 Å². The lowest BCUT2D eigenvalue weighted by molar-refractivity contribution is 0.411. The fraction of sp³-hybridized carbons (Fsp3) is 0.500. The van der Waals surface area contributed by atoms with E-state index in [0.717, 1.165) is 16.9 Å². The van der Waals surface area contributed by atoms with E-state index >= 15 is 0 Å². The summed E-state index contributed by atoms with van der Waals surface area (Å²) in [5.41, 5.74) is 7.66. The van der Waals surface area contributed by atoms with Gasteiger partial charge < -0.3 is 10.5 Å². The smallest absolute Gasteiger partial charge is 0.215 e. The summed E-state index contributed by atoms with van der Waals surface area (Å²) in [5, 5.41) is 0. The van der Waals surface area contributed by atoms with Crippen LogP contribution in [0.4, 0.5) is 0 Å². The first-order valence-electron chi connectivity index (χ1n) is 5.58. The van der Waals surface area contributed by atoms with Gasteiger partial charge in [-0.1, -0.05) is 12.1 Å². The SMILES string of the molecule is COc1ccc(C(N)CS(=O)(=O)N(C)C)cc1C. The fourth-order valence-electron chi connectivity index (χ4n) is 1.60. The predicted molar refractivity (Wildman–Crippen MR) is 72.1 cm³/mol. The molecule has 5 nitrogen and oxygen atoms in total. The highest BCUT2D eigenvalue weighted by Crippen LogP contribution is 2.22. The molecule has 0 aromatic heterocycles. The Hall–Kier alpha value is -1.11. The van der Waals surface area contributed by atoms with Crippen LogP contribution in [0.3, 0.4) is 0 Å². The number of benzene rings is 1. The van der Waals surface area contributed by atoms with Crippen molar-refractivity contribution in [1.82, 2.24) is 4.31 Å². The summed E-state index contributed by atoms with van der Waals surface area (Å²) in [5.74, 6) is 0.660. The lowest BCUT2D eigenvalue weighted by Gasteiger charge is -2.17. The normalized spacial score (nSPS) is 13.7. The number of ether oxygens (including phenoxy) is 1. The lowest BCUT2D eigenvalue weighted by Crippen LogP contribution is -2.31. The molecule has 0 spiro atoms. The zero-order valence-corrected chi connectivity index (χ0v) is 12.0. The molecule has 0 bridgehead atoms. The lowest BCUT2D eigenvalue weighted by atomic mass is 10.1. The molecule has 0 radical (unpaired) electrons. The van der Waals surface area contributed by atoms with Crippen LogP contribution < -0.4 is 10.5 Å². The van der Waals surface area contributed by atoms with Gasteiger partial charge in [-0.25, -0.2) is 12.7 Å². The number of nitrogens with two attached hydrogens (primary N) is 1. The Morgan fingerprint density at radius 1 is 1.39 bits per heavy atom. The Balaban J connectivity index is 2.92. The van der Waals surface area contributed by atoms with Gasteiger partial charge in [-0.15, -0.1) is 0 Å². The van der Waals surface area contributed by atoms with Crippen molar-refractivity contribution in [3.8, 4) is 5.75 Å². The van der Waals surface area contributed by atoms with Gasteiger partial charge in [-0.3, -0.25) is 0 Å². The van der Waals surface area contributed by atoms with E-state index in [1.54, 1.807) is 19.2 Å². The van der Waals surface area contributed by atoms with E-state index in [0.29, 0.717) is 0 Å². The quantitative estimate of drug-likeness (QED) is 0.864. The highest BCUT2D eigenvalue weighted by Gasteiger charge is 2.20. The van der Waals surface area contributed by atoms with Gasteiger partial charge >= 0.3 is 0 Å². The van der Waals surface area contributed by atoms with Crippen molar-refractivity contribution < 1.29 is 13.2 Å². The number of hydrogen-bond donors (Lipinski definition) is 1. The molecule has 0 heterocycles. The number of methoxy groups -OCH3 is 1. The van der Waals surface area contributed by atoms with E-state index in [1.807, 2.05) is 13.0 Å². The molecule has 18 heavy (non-hydrogen) atoms. The molecular weight excluding hydrogens is 252 g/mol. The van der Waals surface area contributed by atoms with Gasteiger partial charge in [0.2, 0.25) is 10.0 Å². The molecule has 1 aromatic carbocycles. The van der Waals surface area contributed by atoms with Gasteiger partial charge in [0, 0.05) is 20.1 Å². The van der Waals surface area contributed by atoms with Crippen molar-refractivity contribution in [3.63, 3.8) is 0 Å². The summed E-state index contributed by atoms with van der Waals surface area (Å²) in [6.07, 6.45) is 0. The Kier molecular flexibility index (Phi) is 4.72. The molecule has 6 heteroatoms. The second kappa shape index (κ2) is 5.69. The van der Waals surface area contributed by atoms with Crippen molar-refractivity contribution >= 4 is 10.0 Å². The highest BCUT2D eigenvalue weighted by molar-refractivity contribution is 7.89. The van der Waals surface area contributed by atoms with Crippen LogP contribution >= 0.6 is 0 Å². The Morgan fingerprint density at radius 2 is 2.00 bits per heavy atom. The largest absolute Gasteiger partial charge is 0.496 e. The van der Waals surface area contributed by atoms with Crippen molar-refractivity contribution in [2.75, 3.05) is 27.0 Å². The molecular formula is C12H20N2O3S. The first kappa shape index (κ1) is 14.9. The van der Waals surface area contributed by atoms with E-state index in [-0.39, 0.29) is 5.75 Å². The van der Waals surface area contributed by atoms with E-state index in [2.05, 4.69) is 0 Å². The number of hydrogen-bond acceptors (Lipinski definition) is 4. The number of aryl methyl sites for hydroxylation is 1. The molecule has 0 fully saturated rings. The maximum absolute atomic E-state index is 11.7. The van der Waals surface area contributed by atoms with Crippen LogP contribution in [0.1, 0.15) is 17.2 Å². The third-order valence-electron chi connectivity index (χ3n) is 2.79. The van der Waals surface area contributed by atoms with Crippen LogP contribution in [0, 0.1) is 6.92 Å². The van der Waals surface area contributed by atoms with Crippen LogP contribution in [0.2, 0.25) is 0 Å². The summed E-state index contributed by atoms with van der Waals surface area (Å²) in [7, 11) is 1.30. The topological polar surface area (TPSA) is 72.6 Å². The third-order valence-corrected chi connectivity index (χ3v) is 4.69. The van der Waals surface area contributed by atoms with Gasteiger partial charge in [0.05, 0.1) is 12.9 Å². The van der Waals surface area contributed by atoms with Crippen molar-refractivity contribution in [3.05, 3.63) is 29.3 Å². The maximum atomic E-state index is 11.7. The summed E-state index contributed by atoms with van der Waals surface area (Å²) in [6.45, 7) is 1.90. The third kappa shape index (κ3) is 3.44. The monoisotopic (exact) mass is 272 g/mol. The molecule has 102 valence electrons. The predicted octanol–water partition coefficient (Wildman–Crippen LogP) is 0.895. The van der Waals surface area contributed by atoms with Crippen LogP contribution in [0.25, 0.3) is 0 Å². The van der Waals surface area contributed by atoms with Crippen LogP contribution in [0.5, 0.6) is 5.75 Å². The maximum Gasteiger partial charge on any atom is 0.215 e. The van der Waals surface area contributed by atoms with E-state index in [9.17, 15) is 8.42 Å². The first-order chi connectivity index (χ1) is 8.27. The second-order valence-corrected chi connectivity index (χ2v) is 6.62. The minimum absolute atomic E-state index is 0.105. The molecule has 1 aromatic rings. The average molecular weight is 272 g/mol. The molecule has 1 unspecified atom stereocenters. The molecule has 0 aliphatic heterocycles.